The average molecular weight is 527 g/mol. The number of aromatic nitrogens is 2. The van der Waals surface area contributed by atoms with E-state index in [2.05, 4.69) is 27.2 Å². The number of ether oxygens (including phenoxy) is 1. The van der Waals surface area contributed by atoms with Crippen molar-refractivity contribution in [1.29, 1.82) is 0 Å². The highest BCUT2D eigenvalue weighted by atomic mass is 32.1. The number of urea groups is 1. The Morgan fingerprint density at radius 3 is 2.79 bits per heavy atom. The Labute approximate surface area is 221 Å². The van der Waals surface area contributed by atoms with Gasteiger partial charge < -0.3 is 20.3 Å². The van der Waals surface area contributed by atoms with Crippen molar-refractivity contribution in [2.24, 2.45) is 0 Å². The minimum atomic E-state index is -0.419. The van der Waals surface area contributed by atoms with Gasteiger partial charge in [0.1, 0.15) is 15.5 Å². The lowest BCUT2D eigenvalue weighted by Crippen LogP contribution is -2.39. The number of rotatable bonds is 6. The molecule has 2 aliphatic rings. The number of thiophene rings is 1. The van der Waals surface area contributed by atoms with Crippen molar-refractivity contribution in [1.82, 2.24) is 20.2 Å². The van der Waals surface area contributed by atoms with Crippen molar-refractivity contribution in [3.63, 3.8) is 0 Å². The first-order valence-electron chi connectivity index (χ1n) is 12.0. The Morgan fingerprint density at radius 1 is 1.16 bits per heavy atom. The average Bonchev–Trinajstić information content (AvgIpc) is 3.55. The number of nitrogens with zero attached hydrogens (tertiary/aromatic N) is 4. The summed E-state index contributed by atoms with van der Waals surface area (Å²) < 4.78 is 5.85. The Bertz CT molecular complexity index is 1590. The highest BCUT2D eigenvalue weighted by Crippen LogP contribution is 2.46. The smallest absolute Gasteiger partial charge is 0.331 e. The highest BCUT2D eigenvalue weighted by molar-refractivity contribution is 7.21. The molecular formula is C27H22N6O4S. The van der Waals surface area contributed by atoms with Gasteiger partial charge in [-0.05, 0) is 36.8 Å². The van der Waals surface area contributed by atoms with Crippen LogP contribution in [-0.2, 0) is 4.79 Å². The van der Waals surface area contributed by atoms with E-state index in [1.165, 1.54) is 22.3 Å². The third kappa shape index (κ3) is 4.22. The summed E-state index contributed by atoms with van der Waals surface area (Å²) in [6.45, 7) is 4.48. The molecule has 3 aromatic heterocycles. The maximum Gasteiger partial charge on any atom is 0.331 e. The monoisotopic (exact) mass is 526 g/mol. The number of carbonyl (C=O) groups excluding carboxylic acids is 3. The molecule has 2 aliphatic heterocycles. The van der Waals surface area contributed by atoms with Crippen molar-refractivity contribution in [3.8, 4) is 11.6 Å². The molecule has 190 valence electrons. The van der Waals surface area contributed by atoms with Gasteiger partial charge in [-0.15, -0.1) is 11.3 Å². The minimum Gasteiger partial charge on any atom is -0.439 e. The van der Waals surface area contributed by atoms with Crippen LogP contribution in [0.4, 0.5) is 21.9 Å². The molecule has 0 saturated carbocycles. The van der Waals surface area contributed by atoms with Gasteiger partial charge >= 0.3 is 6.03 Å². The first-order valence-corrected chi connectivity index (χ1v) is 12.8. The SMILES string of the molecule is C=CC(=O)N1CC[C@@H](NC(=O)c2sc3nccc4c3c2NC(=O)N4c2ccnc(Oc3ccccc3)c2)C1. The van der Waals surface area contributed by atoms with Crippen LogP contribution < -0.4 is 20.3 Å². The number of likely N-dealkylation sites (tertiary alicyclic amines) is 1. The van der Waals surface area contributed by atoms with Gasteiger partial charge in [0, 0.05) is 37.6 Å². The number of para-hydroxylation sites is 1. The predicted octanol–water partition coefficient (Wildman–Crippen LogP) is 4.68. The van der Waals surface area contributed by atoms with E-state index in [1.807, 2.05) is 30.3 Å². The van der Waals surface area contributed by atoms with Gasteiger partial charge in [-0.1, -0.05) is 24.8 Å². The molecule has 0 bridgehead atoms. The zero-order valence-electron chi connectivity index (χ0n) is 20.1. The molecule has 4 amide bonds. The van der Waals surface area contributed by atoms with Crippen molar-refractivity contribution >= 4 is 56.5 Å². The summed E-state index contributed by atoms with van der Waals surface area (Å²) in [4.78, 5) is 51.4. The van der Waals surface area contributed by atoms with Gasteiger partial charge in [-0.2, -0.15) is 0 Å². The number of nitrogens with one attached hydrogen (secondary N) is 2. The third-order valence-corrected chi connectivity index (χ3v) is 7.50. The van der Waals surface area contributed by atoms with Gasteiger partial charge in [0.25, 0.3) is 5.91 Å². The molecule has 38 heavy (non-hydrogen) atoms. The van der Waals surface area contributed by atoms with E-state index in [-0.39, 0.29) is 17.9 Å². The fraction of sp³-hybridized carbons (Fsp3) is 0.148. The number of anilines is 3. The van der Waals surface area contributed by atoms with Crippen molar-refractivity contribution in [2.45, 2.75) is 12.5 Å². The summed E-state index contributed by atoms with van der Waals surface area (Å²) in [7, 11) is 0. The van der Waals surface area contributed by atoms with Gasteiger partial charge in [-0.25, -0.2) is 14.8 Å². The predicted molar refractivity (Wildman–Crippen MR) is 144 cm³/mol. The normalized spacial score (nSPS) is 16.3. The molecule has 5 heterocycles. The number of carbonyl (C=O) groups is 3. The van der Waals surface area contributed by atoms with Crippen LogP contribution in [0.2, 0.25) is 0 Å². The van der Waals surface area contributed by atoms with E-state index < -0.39 is 6.03 Å². The lowest BCUT2D eigenvalue weighted by Gasteiger charge is -2.28. The molecule has 4 aromatic rings. The summed E-state index contributed by atoms with van der Waals surface area (Å²) in [5, 5.41) is 6.57. The van der Waals surface area contributed by atoms with Gasteiger partial charge in [0.2, 0.25) is 11.8 Å². The molecule has 1 atom stereocenters. The van der Waals surface area contributed by atoms with Gasteiger partial charge in [0.05, 0.1) is 22.4 Å². The van der Waals surface area contributed by atoms with E-state index in [4.69, 9.17) is 4.74 Å². The van der Waals surface area contributed by atoms with E-state index in [0.717, 1.165) is 0 Å². The van der Waals surface area contributed by atoms with Crippen molar-refractivity contribution in [2.75, 3.05) is 23.3 Å². The molecular weight excluding hydrogens is 504 g/mol. The second-order valence-corrected chi connectivity index (χ2v) is 9.80. The number of hydrogen-bond donors (Lipinski definition) is 2. The third-order valence-electron chi connectivity index (χ3n) is 6.40. The topological polar surface area (TPSA) is 117 Å². The number of benzene rings is 1. The molecule has 10 nitrogen and oxygen atoms in total. The summed E-state index contributed by atoms with van der Waals surface area (Å²) in [5.41, 5.74) is 1.58. The molecule has 1 fully saturated rings. The molecule has 1 aromatic carbocycles. The molecule has 0 spiro atoms. The fourth-order valence-electron chi connectivity index (χ4n) is 4.66. The lowest BCUT2D eigenvalue weighted by atomic mass is 10.1. The van der Waals surface area contributed by atoms with E-state index >= 15 is 0 Å². The van der Waals surface area contributed by atoms with Gasteiger partial charge in [-0.3, -0.25) is 14.5 Å². The van der Waals surface area contributed by atoms with Crippen LogP contribution >= 0.6 is 11.3 Å². The second-order valence-electron chi connectivity index (χ2n) is 8.80. The van der Waals surface area contributed by atoms with Crippen molar-refractivity contribution < 1.29 is 19.1 Å². The summed E-state index contributed by atoms with van der Waals surface area (Å²) >= 11 is 1.21. The van der Waals surface area contributed by atoms with Crippen LogP contribution in [0, 0.1) is 0 Å². The minimum absolute atomic E-state index is 0.159. The Kier molecular flexibility index (Phi) is 5.97. The zero-order chi connectivity index (χ0) is 26.2. The van der Waals surface area contributed by atoms with Gasteiger partial charge in [0.15, 0.2) is 0 Å². The van der Waals surface area contributed by atoms with Crippen LogP contribution in [0.25, 0.3) is 10.2 Å². The van der Waals surface area contributed by atoms with E-state index in [1.54, 1.807) is 35.5 Å². The quantitative estimate of drug-likeness (QED) is 0.352. The molecule has 6 rings (SSSR count). The highest BCUT2D eigenvalue weighted by Gasteiger charge is 2.34. The zero-order valence-corrected chi connectivity index (χ0v) is 20.9. The number of hydrogen-bond acceptors (Lipinski definition) is 7. The molecule has 0 radical (unpaired) electrons. The first kappa shape index (κ1) is 23.6. The van der Waals surface area contributed by atoms with Crippen LogP contribution in [0.3, 0.4) is 0 Å². The van der Waals surface area contributed by atoms with Crippen LogP contribution in [-0.4, -0.2) is 51.8 Å². The summed E-state index contributed by atoms with van der Waals surface area (Å²) in [6.07, 6.45) is 5.10. The molecule has 1 saturated heterocycles. The molecule has 0 unspecified atom stereocenters. The fourth-order valence-corrected chi connectivity index (χ4v) is 5.68. The standard InChI is InChI=1S/C27H22N6O4S/c1-2-21(34)32-13-10-16(15-32)30-25(35)24-23-22-19(9-12-29-26(22)38-24)33(27(36)31-23)17-8-11-28-20(14-17)37-18-6-4-3-5-7-18/h2-9,11-12,14,16H,1,10,13,15H2,(H,30,35)(H,31,36)/t16-/m1/s1. The number of pyridine rings is 2. The van der Waals surface area contributed by atoms with Crippen LogP contribution in [0.1, 0.15) is 16.1 Å². The second kappa shape index (κ2) is 9.60. The molecule has 11 heteroatoms. The number of amides is 4. The van der Waals surface area contributed by atoms with Crippen molar-refractivity contribution in [3.05, 3.63) is 78.5 Å². The summed E-state index contributed by atoms with van der Waals surface area (Å²) in [6, 6.07) is 13.8. The Hall–Kier alpha value is -4.77. The Balaban J connectivity index is 1.30. The van der Waals surface area contributed by atoms with Crippen LogP contribution in [0.15, 0.2) is 73.6 Å². The molecule has 0 aliphatic carbocycles. The van der Waals surface area contributed by atoms with E-state index in [0.29, 0.717) is 63.3 Å². The Morgan fingerprint density at radius 2 is 1.97 bits per heavy atom. The van der Waals surface area contributed by atoms with E-state index in [9.17, 15) is 14.4 Å². The summed E-state index contributed by atoms with van der Waals surface area (Å²) in [5.74, 6) is 0.487. The lowest BCUT2D eigenvalue weighted by molar-refractivity contribution is -0.125. The van der Waals surface area contributed by atoms with Crippen LogP contribution in [0.5, 0.6) is 11.6 Å². The maximum absolute atomic E-state index is 13.4. The largest absolute Gasteiger partial charge is 0.439 e. The molecule has 2 N–H and O–H groups in total. The first-order chi connectivity index (χ1) is 18.5. The maximum atomic E-state index is 13.4.